The van der Waals surface area contributed by atoms with Gasteiger partial charge in [0.25, 0.3) is 0 Å². The van der Waals surface area contributed by atoms with Crippen LogP contribution in [0.1, 0.15) is 27.2 Å². The van der Waals surface area contributed by atoms with Crippen molar-refractivity contribution in [3.8, 4) is 0 Å². The first-order valence-corrected chi connectivity index (χ1v) is 6.93. The van der Waals surface area contributed by atoms with E-state index in [-0.39, 0.29) is 0 Å². The zero-order valence-corrected chi connectivity index (χ0v) is 9.27. The SMILES string of the molecule is CC(C)(C)CCO[Si](C)(C)O. The van der Waals surface area contributed by atoms with Gasteiger partial charge in [0.2, 0.25) is 0 Å². The Bertz CT molecular complexity index is 96.2. The molecule has 0 bridgehead atoms. The molecule has 0 unspecified atom stereocenters. The molecule has 3 heteroatoms. The fraction of sp³-hybridized carbons (Fsp3) is 1.00. The van der Waals surface area contributed by atoms with Crippen LogP contribution in [0.25, 0.3) is 0 Å². The van der Waals surface area contributed by atoms with E-state index in [9.17, 15) is 4.80 Å². The summed E-state index contributed by atoms with van der Waals surface area (Å²) < 4.78 is 5.30. The Morgan fingerprint density at radius 3 is 2.00 bits per heavy atom. The van der Waals surface area contributed by atoms with Gasteiger partial charge < -0.3 is 9.22 Å². The van der Waals surface area contributed by atoms with E-state index in [0.717, 1.165) is 6.42 Å². The predicted molar refractivity (Wildman–Crippen MR) is 49.7 cm³/mol. The van der Waals surface area contributed by atoms with Gasteiger partial charge in [0.05, 0.1) is 0 Å². The Hall–Kier alpha value is 0.137. The van der Waals surface area contributed by atoms with Gasteiger partial charge in [0.1, 0.15) is 0 Å². The molecule has 0 saturated heterocycles. The molecule has 1 N–H and O–H groups in total. The Balaban J connectivity index is 3.44. The van der Waals surface area contributed by atoms with E-state index in [1.807, 2.05) is 0 Å². The van der Waals surface area contributed by atoms with Crippen LogP contribution in [-0.4, -0.2) is 20.0 Å². The fourth-order valence-corrected chi connectivity index (χ4v) is 1.21. The van der Waals surface area contributed by atoms with Crippen LogP contribution in [0.5, 0.6) is 0 Å². The van der Waals surface area contributed by atoms with E-state index in [4.69, 9.17) is 4.43 Å². The summed E-state index contributed by atoms with van der Waals surface area (Å²) in [6.07, 6.45) is 1.00. The third-order valence-electron chi connectivity index (χ3n) is 1.31. The summed E-state index contributed by atoms with van der Waals surface area (Å²) in [5.74, 6) is 0. The lowest BCUT2D eigenvalue weighted by Gasteiger charge is -2.21. The summed E-state index contributed by atoms with van der Waals surface area (Å²) in [4.78, 5) is 9.33. The molecule has 68 valence electrons. The molecule has 0 heterocycles. The van der Waals surface area contributed by atoms with Gasteiger partial charge in [-0.3, -0.25) is 0 Å². The molecule has 0 radical (unpaired) electrons. The molecule has 0 aliphatic rings. The fourth-order valence-electron chi connectivity index (χ4n) is 0.607. The topological polar surface area (TPSA) is 29.5 Å². The van der Waals surface area contributed by atoms with Crippen LogP contribution in [0, 0.1) is 5.41 Å². The van der Waals surface area contributed by atoms with Crippen molar-refractivity contribution in [3.05, 3.63) is 0 Å². The molecule has 0 spiro atoms. The van der Waals surface area contributed by atoms with Crippen molar-refractivity contribution in [2.24, 2.45) is 5.41 Å². The van der Waals surface area contributed by atoms with Crippen LogP contribution < -0.4 is 0 Å². The van der Waals surface area contributed by atoms with Crippen LogP contribution in [0.15, 0.2) is 0 Å². The lowest BCUT2D eigenvalue weighted by Crippen LogP contribution is -2.31. The largest absolute Gasteiger partial charge is 0.411 e. The Kier molecular flexibility index (Phi) is 3.74. The van der Waals surface area contributed by atoms with Crippen molar-refractivity contribution < 1.29 is 9.22 Å². The van der Waals surface area contributed by atoms with Crippen LogP contribution >= 0.6 is 0 Å². The molecule has 11 heavy (non-hydrogen) atoms. The van der Waals surface area contributed by atoms with Gasteiger partial charge in [-0.2, -0.15) is 0 Å². The summed E-state index contributed by atoms with van der Waals surface area (Å²) >= 11 is 0. The molecular weight excluding hydrogens is 156 g/mol. The van der Waals surface area contributed by atoms with Crippen LogP contribution in [-0.2, 0) is 4.43 Å². The van der Waals surface area contributed by atoms with Gasteiger partial charge in [0, 0.05) is 6.61 Å². The summed E-state index contributed by atoms with van der Waals surface area (Å²) in [6, 6.07) is 0. The molecule has 0 aromatic rings. The van der Waals surface area contributed by atoms with E-state index >= 15 is 0 Å². The molecule has 0 saturated carbocycles. The van der Waals surface area contributed by atoms with Crippen molar-refractivity contribution >= 4 is 8.56 Å². The zero-order chi connectivity index (χ0) is 9.12. The highest BCUT2D eigenvalue weighted by molar-refractivity contribution is 6.63. The standard InChI is InChI=1S/C8H20O2Si/c1-8(2,3)6-7-10-11(4,5)9/h9H,6-7H2,1-5H3. The number of hydrogen-bond acceptors (Lipinski definition) is 2. The van der Waals surface area contributed by atoms with E-state index in [0.29, 0.717) is 12.0 Å². The zero-order valence-electron chi connectivity index (χ0n) is 8.27. The highest BCUT2D eigenvalue weighted by Crippen LogP contribution is 2.18. The molecule has 0 fully saturated rings. The molecule has 0 aliphatic carbocycles. The van der Waals surface area contributed by atoms with Gasteiger partial charge in [-0.25, -0.2) is 0 Å². The van der Waals surface area contributed by atoms with Crippen molar-refractivity contribution in [2.75, 3.05) is 6.61 Å². The number of rotatable bonds is 3. The van der Waals surface area contributed by atoms with Crippen molar-refractivity contribution in [1.82, 2.24) is 0 Å². The van der Waals surface area contributed by atoms with E-state index in [2.05, 4.69) is 20.8 Å². The third-order valence-corrected chi connectivity index (χ3v) is 2.22. The van der Waals surface area contributed by atoms with Crippen LogP contribution in [0.3, 0.4) is 0 Å². The maximum absolute atomic E-state index is 9.33. The lowest BCUT2D eigenvalue weighted by molar-refractivity contribution is 0.198. The number of hydrogen-bond donors (Lipinski definition) is 1. The molecular formula is C8H20O2Si. The second-order valence-corrected chi connectivity index (χ2v) is 7.79. The van der Waals surface area contributed by atoms with Gasteiger partial charge >= 0.3 is 8.56 Å². The lowest BCUT2D eigenvalue weighted by atomic mass is 9.93. The molecule has 0 aliphatic heterocycles. The Morgan fingerprint density at radius 1 is 1.27 bits per heavy atom. The van der Waals surface area contributed by atoms with E-state index in [1.165, 1.54) is 0 Å². The minimum Gasteiger partial charge on any atom is -0.411 e. The highest BCUT2D eigenvalue weighted by Gasteiger charge is 2.19. The molecule has 0 aromatic heterocycles. The summed E-state index contributed by atoms with van der Waals surface area (Å²) in [7, 11) is -2.26. The minimum atomic E-state index is -2.26. The Labute approximate surface area is 70.8 Å². The van der Waals surface area contributed by atoms with Gasteiger partial charge in [-0.05, 0) is 24.9 Å². The monoisotopic (exact) mass is 176 g/mol. The summed E-state index contributed by atoms with van der Waals surface area (Å²) in [5, 5.41) is 0. The summed E-state index contributed by atoms with van der Waals surface area (Å²) in [6.45, 7) is 10.8. The van der Waals surface area contributed by atoms with Gasteiger partial charge in [-0.1, -0.05) is 20.8 Å². The smallest absolute Gasteiger partial charge is 0.329 e. The van der Waals surface area contributed by atoms with E-state index in [1.54, 1.807) is 13.1 Å². The van der Waals surface area contributed by atoms with Crippen molar-refractivity contribution in [3.63, 3.8) is 0 Å². The predicted octanol–water partition coefficient (Wildman–Crippen LogP) is 2.13. The molecule has 0 aromatic carbocycles. The first kappa shape index (κ1) is 11.1. The highest BCUT2D eigenvalue weighted by atomic mass is 28.4. The van der Waals surface area contributed by atoms with E-state index < -0.39 is 8.56 Å². The minimum absolute atomic E-state index is 0.305. The molecule has 0 atom stereocenters. The van der Waals surface area contributed by atoms with Crippen molar-refractivity contribution in [2.45, 2.75) is 40.3 Å². The normalized spacial score (nSPS) is 13.6. The summed E-state index contributed by atoms with van der Waals surface area (Å²) in [5.41, 5.74) is 0.305. The molecule has 0 rings (SSSR count). The second kappa shape index (κ2) is 3.69. The quantitative estimate of drug-likeness (QED) is 0.668. The van der Waals surface area contributed by atoms with Crippen LogP contribution in [0.4, 0.5) is 0 Å². The first-order chi connectivity index (χ1) is 4.71. The van der Waals surface area contributed by atoms with Crippen LogP contribution in [0.2, 0.25) is 13.1 Å². The second-order valence-electron chi connectivity index (χ2n) is 4.61. The third kappa shape index (κ3) is 10.1. The molecule has 2 nitrogen and oxygen atoms in total. The maximum Gasteiger partial charge on any atom is 0.329 e. The average molecular weight is 176 g/mol. The van der Waals surface area contributed by atoms with Crippen molar-refractivity contribution in [1.29, 1.82) is 0 Å². The first-order valence-electron chi connectivity index (χ1n) is 4.07. The molecule has 0 amide bonds. The average Bonchev–Trinajstić information content (AvgIpc) is 1.55. The van der Waals surface area contributed by atoms with Gasteiger partial charge in [0.15, 0.2) is 0 Å². The maximum atomic E-state index is 9.33. The Morgan fingerprint density at radius 2 is 1.73 bits per heavy atom. The van der Waals surface area contributed by atoms with Gasteiger partial charge in [-0.15, -0.1) is 0 Å².